The summed E-state index contributed by atoms with van der Waals surface area (Å²) in [6.45, 7) is 15.6. The van der Waals surface area contributed by atoms with Gasteiger partial charge in [0.25, 0.3) is 0 Å². The Labute approximate surface area is 359 Å². The topological polar surface area (TPSA) is 38.0 Å². The van der Waals surface area contributed by atoms with Gasteiger partial charge >= 0.3 is 0 Å². The highest BCUT2D eigenvalue weighted by Gasteiger charge is 2.45. The Morgan fingerprint density at radius 1 is 0.845 bits per heavy atom. The summed E-state index contributed by atoms with van der Waals surface area (Å²) >= 11 is 0. The molecule has 0 spiro atoms. The van der Waals surface area contributed by atoms with Gasteiger partial charge in [-0.15, -0.1) is 0 Å². The SMILES string of the molecule is C=C/C=C(\C(C)CC)C(CCN)CCC(CCC(C)C1CCC(C2CCC(C3CCCC(CC/C=C\C)C3)CC2)C2CCCCC12)CNc1ccc2c(c1)C=CCC2. The molecular formula is C56H90N2. The van der Waals surface area contributed by atoms with E-state index in [1.807, 2.05) is 6.08 Å². The summed E-state index contributed by atoms with van der Waals surface area (Å²) in [5, 5.41) is 3.97. The number of anilines is 1. The van der Waals surface area contributed by atoms with Gasteiger partial charge in [0.15, 0.2) is 0 Å². The summed E-state index contributed by atoms with van der Waals surface area (Å²) in [6, 6.07) is 7.12. The Bertz CT molecular complexity index is 1440. The third kappa shape index (κ3) is 12.5. The number of benzene rings is 1. The van der Waals surface area contributed by atoms with Gasteiger partial charge in [0.2, 0.25) is 0 Å². The molecule has 2 heteroatoms. The van der Waals surface area contributed by atoms with E-state index >= 15 is 0 Å². The minimum Gasteiger partial charge on any atom is -0.385 e. The first-order valence-corrected chi connectivity index (χ1v) is 25.6. The average molecular weight is 791 g/mol. The number of nitrogens with one attached hydrogen (secondary N) is 1. The predicted molar refractivity (Wildman–Crippen MR) is 255 cm³/mol. The summed E-state index contributed by atoms with van der Waals surface area (Å²) in [7, 11) is 0. The van der Waals surface area contributed by atoms with E-state index in [2.05, 4.69) is 88.2 Å². The molecule has 3 N–H and O–H groups in total. The lowest BCUT2D eigenvalue weighted by Crippen LogP contribution is -2.43. The second kappa shape index (κ2) is 23.8. The monoisotopic (exact) mass is 791 g/mol. The maximum absolute atomic E-state index is 6.28. The van der Waals surface area contributed by atoms with Gasteiger partial charge in [-0.05, 0) is 223 Å². The molecule has 0 bridgehead atoms. The van der Waals surface area contributed by atoms with Crippen LogP contribution in [0.1, 0.15) is 187 Å². The molecule has 0 saturated heterocycles. The molecule has 0 aromatic heterocycles. The van der Waals surface area contributed by atoms with Gasteiger partial charge in [0, 0.05) is 12.2 Å². The van der Waals surface area contributed by atoms with Gasteiger partial charge in [-0.2, -0.15) is 0 Å². The molecule has 0 amide bonds. The molecule has 4 saturated carbocycles. The first kappa shape index (κ1) is 45.5. The van der Waals surface area contributed by atoms with Crippen molar-refractivity contribution in [1.82, 2.24) is 0 Å². The van der Waals surface area contributed by atoms with Gasteiger partial charge in [-0.1, -0.05) is 114 Å². The Hall–Kier alpha value is -2.06. The van der Waals surface area contributed by atoms with Gasteiger partial charge < -0.3 is 11.1 Å². The minimum atomic E-state index is 0.563. The van der Waals surface area contributed by atoms with E-state index in [0.717, 1.165) is 72.8 Å². The molecule has 0 radical (unpaired) electrons. The first-order valence-electron chi connectivity index (χ1n) is 25.6. The number of fused-ring (bicyclic) bond motifs is 2. The maximum Gasteiger partial charge on any atom is 0.0346 e. The van der Waals surface area contributed by atoms with Gasteiger partial charge in [-0.25, -0.2) is 0 Å². The van der Waals surface area contributed by atoms with E-state index in [9.17, 15) is 0 Å². The molecule has 324 valence electrons. The molecule has 5 aliphatic carbocycles. The molecule has 2 nitrogen and oxygen atoms in total. The predicted octanol–water partition coefficient (Wildman–Crippen LogP) is 15.8. The van der Waals surface area contributed by atoms with Crippen LogP contribution in [0.25, 0.3) is 6.08 Å². The zero-order chi connectivity index (χ0) is 40.7. The van der Waals surface area contributed by atoms with E-state index in [1.165, 1.54) is 132 Å². The van der Waals surface area contributed by atoms with Crippen molar-refractivity contribution in [3.05, 3.63) is 71.9 Å². The van der Waals surface area contributed by atoms with Crippen LogP contribution in [-0.4, -0.2) is 13.1 Å². The number of hydrogen-bond donors (Lipinski definition) is 2. The number of rotatable bonds is 21. The molecule has 5 aliphatic rings. The number of allylic oxidation sites excluding steroid dienone is 6. The molecule has 10 unspecified atom stereocenters. The largest absolute Gasteiger partial charge is 0.385 e. The van der Waals surface area contributed by atoms with Crippen LogP contribution in [0, 0.1) is 71.0 Å². The molecule has 4 fully saturated rings. The smallest absolute Gasteiger partial charge is 0.0346 e. The van der Waals surface area contributed by atoms with Crippen molar-refractivity contribution in [3.63, 3.8) is 0 Å². The third-order valence-electron chi connectivity index (χ3n) is 17.5. The quantitative estimate of drug-likeness (QED) is 0.0961. The zero-order valence-electron chi connectivity index (χ0n) is 38.3. The Morgan fingerprint density at radius 3 is 2.41 bits per heavy atom. The summed E-state index contributed by atoms with van der Waals surface area (Å²) in [5.41, 5.74) is 12.1. The molecule has 0 aliphatic heterocycles. The van der Waals surface area contributed by atoms with Crippen LogP contribution in [0.15, 0.2) is 60.7 Å². The number of hydrogen-bond acceptors (Lipinski definition) is 2. The lowest BCUT2D eigenvalue weighted by atomic mass is 9.54. The Balaban J connectivity index is 1.06. The lowest BCUT2D eigenvalue weighted by Gasteiger charge is -2.51. The van der Waals surface area contributed by atoms with E-state index in [4.69, 9.17) is 5.73 Å². The Morgan fingerprint density at radius 2 is 1.64 bits per heavy atom. The van der Waals surface area contributed by atoms with Crippen LogP contribution in [0.4, 0.5) is 5.69 Å². The van der Waals surface area contributed by atoms with Gasteiger partial charge in [0.1, 0.15) is 0 Å². The van der Waals surface area contributed by atoms with E-state index in [0.29, 0.717) is 17.8 Å². The van der Waals surface area contributed by atoms with Crippen LogP contribution in [0.3, 0.4) is 0 Å². The first-order chi connectivity index (χ1) is 28.4. The van der Waals surface area contributed by atoms with E-state index in [1.54, 1.807) is 37.7 Å². The molecule has 1 aromatic carbocycles. The van der Waals surface area contributed by atoms with Crippen molar-refractivity contribution in [2.24, 2.45) is 76.7 Å². The molecule has 10 atom stereocenters. The maximum atomic E-state index is 6.28. The van der Waals surface area contributed by atoms with Crippen molar-refractivity contribution >= 4 is 11.8 Å². The van der Waals surface area contributed by atoms with E-state index < -0.39 is 0 Å². The second-order valence-corrected chi connectivity index (χ2v) is 20.9. The van der Waals surface area contributed by atoms with Crippen LogP contribution >= 0.6 is 0 Å². The minimum absolute atomic E-state index is 0.563. The van der Waals surface area contributed by atoms with Crippen molar-refractivity contribution in [3.8, 4) is 0 Å². The fourth-order valence-corrected chi connectivity index (χ4v) is 14.0. The second-order valence-electron chi connectivity index (χ2n) is 20.9. The van der Waals surface area contributed by atoms with Crippen LogP contribution < -0.4 is 11.1 Å². The van der Waals surface area contributed by atoms with E-state index in [-0.39, 0.29) is 0 Å². The fourth-order valence-electron chi connectivity index (χ4n) is 14.0. The number of aryl methyl sites for hydroxylation is 1. The van der Waals surface area contributed by atoms with Crippen molar-refractivity contribution < 1.29 is 0 Å². The molecule has 1 aromatic rings. The molecule has 6 rings (SSSR count). The lowest BCUT2D eigenvalue weighted by molar-refractivity contribution is -0.0169. The van der Waals surface area contributed by atoms with Crippen molar-refractivity contribution in [1.29, 1.82) is 0 Å². The van der Waals surface area contributed by atoms with Gasteiger partial charge in [-0.3, -0.25) is 0 Å². The standard InChI is InChI=1S/C56H90N2/c1-6-9-10-17-43-18-15-21-49(38-43)46-28-30-47(31-29-46)54-35-34-53(55-22-13-14-23-56(54)55)42(5)24-25-44(26-27-48(36-37-57)52(16-7-2)41(4)8-3)40-58-51-33-32-45-19-11-12-20-50(45)39-51/h6-7,9,12,16,20,32-33,39,41-44,46-49,53-56,58H,2,8,10-11,13-15,17-19,21-31,34-38,40,57H2,1,3-5H3/b9-6-,52-16+. The summed E-state index contributed by atoms with van der Waals surface area (Å²) in [6.07, 6.45) is 47.7. The highest BCUT2D eigenvalue weighted by Crippen LogP contribution is 2.55. The highest BCUT2D eigenvalue weighted by molar-refractivity contribution is 5.62. The highest BCUT2D eigenvalue weighted by atomic mass is 14.9. The van der Waals surface area contributed by atoms with Crippen LogP contribution in [0.5, 0.6) is 0 Å². The summed E-state index contributed by atoms with van der Waals surface area (Å²) in [4.78, 5) is 0. The summed E-state index contributed by atoms with van der Waals surface area (Å²) in [5.74, 6) is 10.8. The average Bonchev–Trinajstić information content (AvgIpc) is 3.27. The van der Waals surface area contributed by atoms with Crippen LogP contribution in [0.2, 0.25) is 0 Å². The molecule has 58 heavy (non-hydrogen) atoms. The Kier molecular flexibility index (Phi) is 18.7. The number of nitrogens with two attached hydrogens (primary N) is 1. The normalized spacial score (nSPS) is 31.2. The van der Waals surface area contributed by atoms with Crippen molar-refractivity contribution in [2.45, 2.75) is 182 Å². The molecular weight excluding hydrogens is 701 g/mol. The molecule has 0 heterocycles. The zero-order valence-corrected chi connectivity index (χ0v) is 38.3. The fraction of sp³-hybridized carbons (Fsp3) is 0.750. The van der Waals surface area contributed by atoms with Gasteiger partial charge in [0.05, 0.1) is 0 Å². The third-order valence-corrected chi connectivity index (χ3v) is 17.5. The summed E-state index contributed by atoms with van der Waals surface area (Å²) < 4.78 is 0. The van der Waals surface area contributed by atoms with Crippen LogP contribution in [-0.2, 0) is 6.42 Å². The van der Waals surface area contributed by atoms with Crippen molar-refractivity contribution in [2.75, 3.05) is 18.4 Å².